The number of ketones is 1. The number of rotatable bonds is 2. The molecule has 0 aliphatic rings. The smallest absolute Gasteiger partial charge is 0.160 e. The highest BCUT2D eigenvalue weighted by Gasteiger charge is 2.08. The zero-order valence-electron chi connectivity index (χ0n) is 10.7. The SMILES string of the molecule is CC(=O)c1ccc2c(ccn2-c2ccc(F)c(F)c2)c1. The molecule has 100 valence electrons. The first-order valence-electron chi connectivity index (χ1n) is 6.14. The van der Waals surface area contributed by atoms with E-state index < -0.39 is 11.6 Å². The Balaban J connectivity index is 2.17. The van der Waals surface area contributed by atoms with Crippen LogP contribution in [0.15, 0.2) is 48.7 Å². The molecule has 0 amide bonds. The molecule has 3 rings (SSSR count). The van der Waals surface area contributed by atoms with Crippen LogP contribution < -0.4 is 0 Å². The van der Waals surface area contributed by atoms with Gasteiger partial charge in [-0.25, -0.2) is 8.78 Å². The predicted octanol–water partition coefficient (Wildman–Crippen LogP) is 4.11. The van der Waals surface area contributed by atoms with E-state index in [0.717, 1.165) is 23.0 Å². The summed E-state index contributed by atoms with van der Waals surface area (Å²) in [4.78, 5) is 11.3. The second-order valence-electron chi connectivity index (χ2n) is 4.61. The lowest BCUT2D eigenvalue weighted by Gasteiger charge is -2.06. The average molecular weight is 271 g/mol. The van der Waals surface area contributed by atoms with Crippen molar-refractivity contribution in [1.82, 2.24) is 4.57 Å². The quantitative estimate of drug-likeness (QED) is 0.643. The van der Waals surface area contributed by atoms with Crippen LogP contribution >= 0.6 is 0 Å². The number of fused-ring (bicyclic) bond motifs is 1. The minimum atomic E-state index is -0.885. The fourth-order valence-corrected chi connectivity index (χ4v) is 2.22. The molecule has 1 aromatic heterocycles. The molecular weight excluding hydrogens is 260 g/mol. The first kappa shape index (κ1) is 12.5. The van der Waals surface area contributed by atoms with Gasteiger partial charge in [-0.05, 0) is 43.3 Å². The number of carbonyl (C=O) groups is 1. The molecule has 0 spiro atoms. The number of nitrogens with zero attached hydrogens (tertiary/aromatic N) is 1. The highest BCUT2D eigenvalue weighted by Crippen LogP contribution is 2.23. The van der Waals surface area contributed by atoms with Crippen LogP contribution in [0.5, 0.6) is 0 Å². The van der Waals surface area contributed by atoms with Crippen molar-refractivity contribution in [2.24, 2.45) is 0 Å². The van der Waals surface area contributed by atoms with Gasteiger partial charge in [-0.15, -0.1) is 0 Å². The molecule has 0 radical (unpaired) electrons. The first-order chi connectivity index (χ1) is 9.56. The van der Waals surface area contributed by atoms with Gasteiger partial charge in [-0.2, -0.15) is 0 Å². The average Bonchev–Trinajstić information content (AvgIpc) is 2.84. The minimum absolute atomic E-state index is 0.00697. The maximum Gasteiger partial charge on any atom is 0.160 e. The summed E-state index contributed by atoms with van der Waals surface area (Å²) in [6, 6.07) is 10.9. The Kier molecular flexibility index (Phi) is 2.86. The molecule has 0 unspecified atom stereocenters. The van der Waals surface area contributed by atoms with Gasteiger partial charge in [0.25, 0.3) is 0 Å². The zero-order chi connectivity index (χ0) is 14.3. The highest BCUT2D eigenvalue weighted by atomic mass is 19.2. The Morgan fingerprint density at radius 3 is 2.50 bits per heavy atom. The van der Waals surface area contributed by atoms with Gasteiger partial charge < -0.3 is 4.57 Å². The number of Topliss-reactive ketones (excluding diaryl/α,β-unsaturated/α-hetero) is 1. The van der Waals surface area contributed by atoms with E-state index in [4.69, 9.17) is 0 Å². The molecule has 2 aromatic carbocycles. The van der Waals surface area contributed by atoms with Crippen molar-refractivity contribution in [1.29, 1.82) is 0 Å². The molecule has 0 aliphatic heterocycles. The Morgan fingerprint density at radius 2 is 1.80 bits per heavy atom. The molecule has 0 saturated carbocycles. The number of aromatic nitrogens is 1. The number of carbonyl (C=O) groups excluding carboxylic acids is 1. The molecule has 0 saturated heterocycles. The Bertz CT molecular complexity index is 820. The standard InChI is InChI=1S/C16H11F2NO/c1-10(20)11-2-5-16-12(8-11)6-7-19(16)13-3-4-14(17)15(18)9-13/h2-9H,1H3. The van der Waals surface area contributed by atoms with Crippen molar-refractivity contribution < 1.29 is 13.6 Å². The van der Waals surface area contributed by atoms with Crippen LogP contribution in [0.4, 0.5) is 8.78 Å². The molecule has 1 heterocycles. The monoisotopic (exact) mass is 271 g/mol. The lowest BCUT2D eigenvalue weighted by Crippen LogP contribution is -1.95. The largest absolute Gasteiger partial charge is 0.316 e. The van der Waals surface area contributed by atoms with Crippen LogP contribution in [0, 0.1) is 11.6 Å². The number of benzene rings is 2. The van der Waals surface area contributed by atoms with E-state index >= 15 is 0 Å². The molecule has 0 bridgehead atoms. The van der Waals surface area contributed by atoms with Gasteiger partial charge >= 0.3 is 0 Å². The second kappa shape index (κ2) is 4.56. The zero-order valence-corrected chi connectivity index (χ0v) is 10.7. The Morgan fingerprint density at radius 1 is 1.00 bits per heavy atom. The van der Waals surface area contributed by atoms with Crippen LogP contribution in [0.25, 0.3) is 16.6 Å². The number of halogens is 2. The third kappa shape index (κ3) is 1.99. The topological polar surface area (TPSA) is 22.0 Å². The van der Waals surface area contributed by atoms with E-state index in [1.807, 2.05) is 6.07 Å². The molecule has 4 heteroatoms. The van der Waals surface area contributed by atoms with Gasteiger partial charge in [0.05, 0.1) is 5.52 Å². The van der Waals surface area contributed by atoms with Crippen LogP contribution in [-0.2, 0) is 0 Å². The van der Waals surface area contributed by atoms with Gasteiger partial charge in [0.2, 0.25) is 0 Å². The van der Waals surface area contributed by atoms with Crippen molar-refractivity contribution in [2.75, 3.05) is 0 Å². The Labute approximate surface area is 114 Å². The van der Waals surface area contributed by atoms with Crippen LogP contribution in [0.3, 0.4) is 0 Å². The van der Waals surface area contributed by atoms with E-state index in [2.05, 4.69) is 0 Å². The van der Waals surface area contributed by atoms with Gasteiger partial charge in [-0.1, -0.05) is 0 Å². The van der Waals surface area contributed by atoms with Crippen molar-refractivity contribution in [3.05, 3.63) is 65.9 Å². The van der Waals surface area contributed by atoms with Gasteiger partial charge in [0.15, 0.2) is 17.4 Å². The molecule has 3 aromatic rings. The highest BCUT2D eigenvalue weighted by molar-refractivity contribution is 5.98. The molecule has 0 aliphatic carbocycles. The van der Waals surface area contributed by atoms with Crippen molar-refractivity contribution >= 4 is 16.7 Å². The minimum Gasteiger partial charge on any atom is -0.316 e. The molecule has 0 fully saturated rings. The lowest BCUT2D eigenvalue weighted by molar-refractivity contribution is 0.101. The predicted molar refractivity (Wildman–Crippen MR) is 73.2 cm³/mol. The summed E-state index contributed by atoms with van der Waals surface area (Å²) in [6.45, 7) is 1.51. The summed E-state index contributed by atoms with van der Waals surface area (Å²) in [5.41, 5.74) is 2.00. The summed E-state index contributed by atoms with van der Waals surface area (Å²) in [7, 11) is 0. The van der Waals surface area contributed by atoms with Gasteiger partial charge in [-0.3, -0.25) is 4.79 Å². The van der Waals surface area contributed by atoms with E-state index in [1.54, 1.807) is 29.0 Å². The second-order valence-corrected chi connectivity index (χ2v) is 4.61. The number of hydrogen-bond acceptors (Lipinski definition) is 1. The van der Waals surface area contributed by atoms with E-state index in [-0.39, 0.29) is 5.78 Å². The third-order valence-corrected chi connectivity index (χ3v) is 3.28. The lowest BCUT2D eigenvalue weighted by atomic mass is 10.1. The molecule has 0 N–H and O–H groups in total. The molecule has 20 heavy (non-hydrogen) atoms. The molecule has 0 atom stereocenters. The number of hydrogen-bond donors (Lipinski definition) is 0. The van der Waals surface area contributed by atoms with Gasteiger partial charge in [0, 0.05) is 28.9 Å². The van der Waals surface area contributed by atoms with Crippen LogP contribution in [-0.4, -0.2) is 10.4 Å². The van der Waals surface area contributed by atoms with Gasteiger partial charge in [0.1, 0.15) is 0 Å². The summed E-state index contributed by atoms with van der Waals surface area (Å²) in [5.74, 6) is -1.76. The van der Waals surface area contributed by atoms with Crippen molar-refractivity contribution in [3.63, 3.8) is 0 Å². The van der Waals surface area contributed by atoms with E-state index in [9.17, 15) is 13.6 Å². The van der Waals surface area contributed by atoms with E-state index in [0.29, 0.717) is 11.3 Å². The van der Waals surface area contributed by atoms with E-state index in [1.165, 1.54) is 13.0 Å². The third-order valence-electron chi connectivity index (χ3n) is 3.28. The van der Waals surface area contributed by atoms with Crippen LogP contribution in [0.2, 0.25) is 0 Å². The van der Waals surface area contributed by atoms with Crippen molar-refractivity contribution in [3.8, 4) is 5.69 Å². The molecular formula is C16H11F2NO. The summed E-state index contributed by atoms with van der Waals surface area (Å²) >= 11 is 0. The Hall–Kier alpha value is -2.49. The fourth-order valence-electron chi connectivity index (χ4n) is 2.22. The van der Waals surface area contributed by atoms with Crippen molar-refractivity contribution in [2.45, 2.75) is 6.92 Å². The summed E-state index contributed by atoms with van der Waals surface area (Å²) in [6.07, 6.45) is 1.77. The first-order valence-corrected chi connectivity index (χ1v) is 6.14. The summed E-state index contributed by atoms with van der Waals surface area (Å²) < 4.78 is 28.0. The maximum atomic E-state index is 13.3. The summed E-state index contributed by atoms with van der Waals surface area (Å²) in [5, 5.41) is 0.877. The molecule has 2 nitrogen and oxygen atoms in total. The maximum absolute atomic E-state index is 13.3. The van der Waals surface area contributed by atoms with Crippen LogP contribution in [0.1, 0.15) is 17.3 Å². The fraction of sp³-hybridized carbons (Fsp3) is 0.0625. The normalized spacial score (nSPS) is 10.9.